The van der Waals surface area contributed by atoms with Gasteiger partial charge in [0, 0.05) is 61.8 Å². The molecule has 3 aromatic heterocycles. The lowest BCUT2D eigenvalue weighted by molar-refractivity contribution is 0.103. The SMILES string of the molecule is CCN(CCOC)[C@H]1CC[C@H](c2cnc3c(c2)c(-c2cnn(C)c2)cn3S(=O)(=O)c2ccccc2)CC1. The van der Waals surface area contributed by atoms with Crippen molar-refractivity contribution in [2.75, 3.05) is 26.8 Å². The Hall–Kier alpha value is -3.01. The van der Waals surface area contributed by atoms with Gasteiger partial charge in [0.1, 0.15) is 0 Å². The molecule has 0 unspecified atom stereocenters. The molecule has 196 valence electrons. The summed E-state index contributed by atoms with van der Waals surface area (Å²) in [6, 6.07) is 11.2. The monoisotopic (exact) mass is 521 g/mol. The average Bonchev–Trinajstić information content (AvgIpc) is 3.53. The number of nitrogens with zero attached hydrogens (tertiary/aromatic N) is 5. The van der Waals surface area contributed by atoms with Gasteiger partial charge >= 0.3 is 0 Å². The second-order valence-electron chi connectivity index (χ2n) is 9.83. The summed E-state index contributed by atoms with van der Waals surface area (Å²) in [7, 11) is -0.185. The topological polar surface area (TPSA) is 82.2 Å². The standard InChI is InChI=1S/C28H35N5O3S/c1-4-32(14-15-36-3)24-12-10-21(11-13-24)22-16-26-27(23-18-30-31(2)19-23)20-33(28(26)29-17-22)37(34,35)25-8-6-5-7-9-25/h5-9,16-21,24H,4,10-15H2,1-3H3/t21-,24-. The van der Waals surface area contributed by atoms with Gasteiger partial charge in [-0.1, -0.05) is 25.1 Å². The number of benzene rings is 1. The number of aryl methyl sites for hydroxylation is 1. The van der Waals surface area contributed by atoms with Crippen LogP contribution in [0.4, 0.5) is 0 Å². The van der Waals surface area contributed by atoms with E-state index in [4.69, 9.17) is 9.72 Å². The molecular formula is C28H35N5O3S. The number of ether oxygens (including phenoxy) is 1. The highest BCUT2D eigenvalue weighted by molar-refractivity contribution is 7.90. The summed E-state index contributed by atoms with van der Waals surface area (Å²) in [5.74, 6) is 0.408. The molecule has 1 aromatic carbocycles. The third-order valence-electron chi connectivity index (χ3n) is 7.62. The number of rotatable bonds is 9. The maximum atomic E-state index is 13.6. The van der Waals surface area contributed by atoms with Crippen LogP contribution in [0.1, 0.15) is 44.1 Å². The first-order valence-electron chi connectivity index (χ1n) is 13.0. The van der Waals surface area contributed by atoms with E-state index in [2.05, 4.69) is 23.0 Å². The largest absolute Gasteiger partial charge is 0.383 e. The minimum Gasteiger partial charge on any atom is -0.383 e. The number of likely N-dealkylation sites (N-methyl/N-ethyl adjacent to an activating group) is 1. The molecule has 9 heteroatoms. The number of fused-ring (bicyclic) bond motifs is 1. The number of hydrogen-bond acceptors (Lipinski definition) is 6. The molecular weight excluding hydrogens is 486 g/mol. The molecule has 0 bridgehead atoms. The quantitative estimate of drug-likeness (QED) is 0.318. The van der Waals surface area contributed by atoms with Crippen LogP contribution < -0.4 is 0 Å². The van der Waals surface area contributed by atoms with Crippen molar-refractivity contribution in [2.24, 2.45) is 7.05 Å². The summed E-state index contributed by atoms with van der Waals surface area (Å²) in [6.07, 6.45) is 11.7. The van der Waals surface area contributed by atoms with Crippen LogP contribution >= 0.6 is 0 Å². The lowest BCUT2D eigenvalue weighted by Crippen LogP contribution is -2.39. The van der Waals surface area contributed by atoms with E-state index < -0.39 is 10.0 Å². The van der Waals surface area contributed by atoms with Gasteiger partial charge in [0.2, 0.25) is 0 Å². The summed E-state index contributed by atoms with van der Waals surface area (Å²) >= 11 is 0. The Morgan fingerprint density at radius 3 is 2.49 bits per heavy atom. The van der Waals surface area contributed by atoms with Crippen LogP contribution in [-0.2, 0) is 21.8 Å². The summed E-state index contributed by atoms with van der Waals surface area (Å²) < 4.78 is 35.5. The van der Waals surface area contributed by atoms with Crippen LogP contribution in [0.2, 0.25) is 0 Å². The lowest BCUT2D eigenvalue weighted by atomic mass is 9.81. The minimum atomic E-state index is -3.80. The van der Waals surface area contributed by atoms with E-state index >= 15 is 0 Å². The maximum Gasteiger partial charge on any atom is 0.269 e. The van der Waals surface area contributed by atoms with E-state index in [0.717, 1.165) is 61.9 Å². The molecule has 0 saturated heterocycles. The molecule has 0 N–H and O–H groups in total. The highest BCUT2D eigenvalue weighted by atomic mass is 32.2. The van der Waals surface area contributed by atoms with E-state index in [1.54, 1.807) is 48.5 Å². The second kappa shape index (κ2) is 10.8. The lowest BCUT2D eigenvalue weighted by Gasteiger charge is -2.36. The van der Waals surface area contributed by atoms with Crippen LogP contribution in [0.3, 0.4) is 0 Å². The summed E-state index contributed by atoms with van der Waals surface area (Å²) in [6.45, 7) is 4.97. The fourth-order valence-electron chi connectivity index (χ4n) is 5.58. The third kappa shape index (κ3) is 5.08. The molecule has 0 spiro atoms. The fraction of sp³-hybridized carbons (Fsp3) is 0.429. The molecule has 5 rings (SSSR count). The molecule has 3 heterocycles. The summed E-state index contributed by atoms with van der Waals surface area (Å²) in [5.41, 5.74) is 3.30. The fourth-order valence-corrected chi connectivity index (χ4v) is 6.93. The molecule has 0 radical (unpaired) electrons. The van der Waals surface area contributed by atoms with Crippen molar-refractivity contribution in [3.05, 3.63) is 66.7 Å². The molecule has 1 fully saturated rings. The van der Waals surface area contributed by atoms with Crippen LogP contribution in [0.5, 0.6) is 0 Å². The van der Waals surface area contributed by atoms with Crippen molar-refractivity contribution in [2.45, 2.75) is 49.5 Å². The van der Waals surface area contributed by atoms with E-state index in [0.29, 0.717) is 17.6 Å². The average molecular weight is 522 g/mol. The van der Waals surface area contributed by atoms with Crippen molar-refractivity contribution in [1.29, 1.82) is 0 Å². The Bertz CT molecular complexity index is 1450. The maximum absolute atomic E-state index is 13.6. The summed E-state index contributed by atoms with van der Waals surface area (Å²) in [4.78, 5) is 7.50. The van der Waals surface area contributed by atoms with E-state index in [-0.39, 0.29) is 4.90 Å². The first-order valence-corrected chi connectivity index (χ1v) is 14.4. The Labute approximate surface area is 218 Å². The van der Waals surface area contributed by atoms with Crippen LogP contribution in [0.15, 0.2) is 66.1 Å². The van der Waals surface area contributed by atoms with E-state index in [9.17, 15) is 8.42 Å². The Morgan fingerprint density at radius 1 is 1.08 bits per heavy atom. The van der Waals surface area contributed by atoms with Gasteiger partial charge in [0.25, 0.3) is 10.0 Å². The summed E-state index contributed by atoms with van der Waals surface area (Å²) in [5, 5.41) is 5.16. The molecule has 0 amide bonds. The van der Waals surface area contributed by atoms with Gasteiger partial charge in [-0.05, 0) is 61.9 Å². The van der Waals surface area contributed by atoms with Crippen molar-refractivity contribution >= 4 is 21.1 Å². The Kier molecular flexibility index (Phi) is 7.46. The van der Waals surface area contributed by atoms with Crippen molar-refractivity contribution in [1.82, 2.24) is 23.6 Å². The minimum absolute atomic E-state index is 0.239. The van der Waals surface area contributed by atoms with Crippen LogP contribution in [-0.4, -0.2) is 64.9 Å². The number of aromatic nitrogens is 4. The molecule has 1 aliphatic rings. The van der Waals surface area contributed by atoms with Gasteiger partial charge in [-0.25, -0.2) is 17.4 Å². The molecule has 1 saturated carbocycles. The van der Waals surface area contributed by atoms with Gasteiger partial charge in [-0.15, -0.1) is 0 Å². The van der Waals surface area contributed by atoms with Crippen LogP contribution in [0.25, 0.3) is 22.2 Å². The molecule has 4 aromatic rings. The molecule has 37 heavy (non-hydrogen) atoms. The van der Waals surface area contributed by atoms with Gasteiger partial charge < -0.3 is 4.74 Å². The zero-order valence-electron chi connectivity index (χ0n) is 21.7. The van der Waals surface area contributed by atoms with Gasteiger partial charge in [0.05, 0.1) is 17.7 Å². The van der Waals surface area contributed by atoms with Crippen molar-refractivity contribution in [3.63, 3.8) is 0 Å². The number of pyridine rings is 1. The van der Waals surface area contributed by atoms with E-state index in [1.807, 2.05) is 25.5 Å². The first kappa shape index (κ1) is 25.6. The number of methoxy groups -OCH3 is 1. The molecule has 0 aliphatic heterocycles. The van der Waals surface area contributed by atoms with Gasteiger partial charge in [-0.2, -0.15) is 5.10 Å². The highest BCUT2D eigenvalue weighted by Gasteiger charge is 2.28. The Balaban J connectivity index is 1.50. The van der Waals surface area contributed by atoms with Crippen molar-refractivity contribution < 1.29 is 13.2 Å². The molecule has 8 nitrogen and oxygen atoms in total. The molecule has 1 aliphatic carbocycles. The smallest absolute Gasteiger partial charge is 0.269 e. The predicted molar refractivity (Wildman–Crippen MR) is 145 cm³/mol. The zero-order chi connectivity index (χ0) is 26.0. The number of hydrogen-bond donors (Lipinski definition) is 0. The van der Waals surface area contributed by atoms with E-state index in [1.165, 1.54) is 9.54 Å². The second-order valence-corrected chi connectivity index (χ2v) is 11.6. The highest BCUT2D eigenvalue weighted by Crippen LogP contribution is 2.38. The van der Waals surface area contributed by atoms with Gasteiger partial charge in [-0.3, -0.25) is 9.58 Å². The third-order valence-corrected chi connectivity index (χ3v) is 9.29. The normalized spacial score (nSPS) is 18.6. The molecule has 0 atom stereocenters. The van der Waals surface area contributed by atoms with Crippen molar-refractivity contribution in [3.8, 4) is 11.1 Å². The van der Waals surface area contributed by atoms with Crippen LogP contribution in [0, 0.1) is 0 Å². The zero-order valence-corrected chi connectivity index (χ0v) is 22.6. The predicted octanol–water partition coefficient (Wildman–Crippen LogP) is 4.67. The Morgan fingerprint density at radius 2 is 1.84 bits per heavy atom. The van der Waals surface area contributed by atoms with Gasteiger partial charge in [0.15, 0.2) is 5.65 Å². The first-order chi connectivity index (χ1) is 17.9.